The first kappa shape index (κ1) is 25.8. The van der Waals surface area contributed by atoms with E-state index in [9.17, 15) is 27.6 Å². The quantitative estimate of drug-likeness (QED) is 0.348. The molecule has 2 aromatic heterocycles. The Bertz CT molecular complexity index is 1660. The number of sulfonamides is 1. The van der Waals surface area contributed by atoms with Gasteiger partial charge in [0.2, 0.25) is 21.8 Å². The van der Waals surface area contributed by atoms with Crippen molar-refractivity contribution in [3.05, 3.63) is 80.5 Å². The Kier molecular flexibility index (Phi) is 6.96. The standard InChI is InChI=1S/C25H23N3O8S/c1-14-8-24(31)35-20-10-16(4-6-18(14)20)26-22(29)12-28(37(3,33)34)13-23(30)27-17-5-7-19-15(2)9-25(32)36-21(19)11-17/h4-11H,12-13H2,1-3H3,(H,26,29)(H,27,30). The lowest BCUT2D eigenvalue weighted by Gasteiger charge is -2.19. The Balaban J connectivity index is 1.46. The Morgan fingerprint density at radius 2 is 1.16 bits per heavy atom. The van der Waals surface area contributed by atoms with E-state index in [0.717, 1.165) is 6.26 Å². The van der Waals surface area contributed by atoms with E-state index in [1.807, 2.05) is 0 Å². The van der Waals surface area contributed by atoms with Gasteiger partial charge in [-0.1, -0.05) is 0 Å². The summed E-state index contributed by atoms with van der Waals surface area (Å²) >= 11 is 0. The van der Waals surface area contributed by atoms with E-state index in [4.69, 9.17) is 8.83 Å². The average molecular weight is 526 g/mol. The molecule has 37 heavy (non-hydrogen) atoms. The average Bonchev–Trinajstić information content (AvgIpc) is 2.77. The number of hydrogen-bond acceptors (Lipinski definition) is 8. The van der Waals surface area contributed by atoms with Crippen molar-refractivity contribution >= 4 is 55.2 Å². The van der Waals surface area contributed by atoms with Crippen LogP contribution in [0.1, 0.15) is 11.1 Å². The van der Waals surface area contributed by atoms with Gasteiger partial charge in [-0.05, 0) is 49.2 Å². The molecule has 2 heterocycles. The molecule has 0 spiro atoms. The van der Waals surface area contributed by atoms with Gasteiger partial charge in [0.05, 0.1) is 19.3 Å². The van der Waals surface area contributed by atoms with Gasteiger partial charge >= 0.3 is 11.3 Å². The van der Waals surface area contributed by atoms with E-state index < -0.39 is 46.2 Å². The van der Waals surface area contributed by atoms with Crippen LogP contribution in [-0.2, 0) is 19.6 Å². The topological polar surface area (TPSA) is 156 Å². The molecule has 0 bridgehead atoms. The fourth-order valence-electron chi connectivity index (χ4n) is 3.82. The molecular weight excluding hydrogens is 502 g/mol. The van der Waals surface area contributed by atoms with Gasteiger partial charge in [0.1, 0.15) is 11.2 Å². The van der Waals surface area contributed by atoms with Gasteiger partial charge in [-0.15, -0.1) is 0 Å². The molecule has 192 valence electrons. The van der Waals surface area contributed by atoms with Crippen LogP contribution in [0.5, 0.6) is 0 Å². The number of aryl methyl sites for hydroxylation is 2. The van der Waals surface area contributed by atoms with Crippen LogP contribution >= 0.6 is 0 Å². The predicted molar refractivity (Wildman–Crippen MR) is 138 cm³/mol. The number of fused-ring (bicyclic) bond motifs is 2. The van der Waals surface area contributed by atoms with Crippen molar-refractivity contribution in [1.82, 2.24) is 4.31 Å². The summed E-state index contributed by atoms with van der Waals surface area (Å²) in [6.07, 6.45) is 0.883. The largest absolute Gasteiger partial charge is 0.423 e. The minimum absolute atomic E-state index is 0.267. The summed E-state index contributed by atoms with van der Waals surface area (Å²) in [7, 11) is -3.94. The lowest BCUT2D eigenvalue weighted by Crippen LogP contribution is -2.42. The summed E-state index contributed by atoms with van der Waals surface area (Å²) < 4.78 is 35.6. The molecule has 2 aromatic carbocycles. The molecule has 0 saturated heterocycles. The van der Waals surface area contributed by atoms with Crippen molar-refractivity contribution in [2.24, 2.45) is 0 Å². The molecule has 0 aliphatic heterocycles. The van der Waals surface area contributed by atoms with E-state index in [0.29, 0.717) is 26.2 Å². The van der Waals surface area contributed by atoms with E-state index in [1.165, 1.54) is 24.3 Å². The maximum Gasteiger partial charge on any atom is 0.336 e. The zero-order chi connectivity index (χ0) is 26.9. The van der Waals surface area contributed by atoms with Crippen LogP contribution in [0.2, 0.25) is 0 Å². The molecule has 2 N–H and O–H groups in total. The SMILES string of the molecule is Cc1cc(=O)oc2cc(NC(=O)CN(CC(=O)Nc3ccc4c(C)cc(=O)oc4c3)S(C)(=O)=O)ccc12. The van der Waals surface area contributed by atoms with Crippen LogP contribution in [0.4, 0.5) is 11.4 Å². The van der Waals surface area contributed by atoms with Crippen molar-refractivity contribution in [2.75, 3.05) is 30.0 Å². The number of nitrogens with one attached hydrogen (secondary N) is 2. The third kappa shape index (κ3) is 6.11. The first-order valence-corrected chi connectivity index (χ1v) is 12.9. The van der Waals surface area contributed by atoms with Gasteiger partial charge < -0.3 is 19.5 Å². The second kappa shape index (κ2) is 9.99. The van der Waals surface area contributed by atoms with Gasteiger partial charge in [-0.25, -0.2) is 18.0 Å². The third-order valence-corrected chi connectivity index (χ3v) is 6.78. The highest BCUT2D eigenvalue weighted by molar-refractivity contribution is 7.88. The third-order valence-electron chi connectivity index (χ3n) is 5.58. The van der Waals surface area contributed by atoms with E-state index in [1.54, 1.807) is 38.1 Å². The molecule has 2 amide bonds. The highest BCUT2D eigenvalue weighted by Gasteiger charge is 2.23. The van der Waals surface area contributed by atoms with Crippen molar-refractivity contribution < 1.29 is 26.8 Å². The van der Waals surface area contributed by atoms with Crippen LogP contribution in [0.15, 0.2) is 67.0 Å². The number of anilines is 2. The second-order valence-corrected chi connectivity index (χ2v) is 10.5. The lowest BCUT2D eigenvalue weighted by atomic mass is 10.1. The highest BCUT2D eigenvalue weighted by Crippen LogP contribution is 2.22. The van der Waals surface area contributed by atoms with Crippen molar-refractivity contribution in [3.8, 4) is 0 Å². The summed E-state index contributed by atoms with van der Waals surface area (Å²) in [4.78, 5) is 48.5. The summed E-state index contributed by atoms with van der Waals surface area (Å²) in [6.45, 7) is 2.24. The van der Waals surface area contributed by atoms with Crippen LogP contribution < -0.4 is 21.9 Å². The maximum absolute atomic E-state index is 12.6. The Morgan fingerprint density at radius 1 is 0.757 bits per heavy atom. The molecule has 12 heteroatoms. The lowest BCUT2D eigenvalue weighted by molar-refractivity contribution is -0.118. The number of amides is 2. The molecule has 0 aliphatic carbocycles. The smallest absolute Gasteiger partial charge is 0.336 e. The van der Waals surface area contributed by atoms with Gasteiger partial charge in [0, 0.05) is 46.4 Å². The minimum Gasteiger partial charge on any atom is -0.423 e. The van der Waals surface area contributed by atoms with Gasteiger partial charge in [0.15, 0.2) is 0 Å². The molecule has 4 aromatic rings. The molecule has 0 fully saturated rings. The van der Waals surface area contributed by atoms with E-state index >= 15 is 0 Å². The Morgan fingerprint density at radius 3 is 1.54 bits per heavy atom. The van der Waals surface area contributed by atoms with Crippen LogP contribution in [0, 0.1) is 13.8 Å². The zero-order valence-electron chi connectivity index (χ0n) is 20.2. The Hall–Kier alpha value is -4.29. The fraction of sp³-hybridized carbons (Fsp3) is 0.200. The van der Waals surface area contributed by atoms with Crippen LogP contribution in [0.3, 0.4) is 0 Å². The number of carbonyl (C=O) groups is 2. The summed E-state index contributed by atoms with van der Waals surface area (Å²) in [6, 6.07) is 12.1. The fourth-order valence-corrected chi connectivity index (χ4v) is 4.52. The summed E-state index contributed by atoms with van der Waals surface area (Å²) in [5.41, 5.74) is 1.46. The predicted octanol–water partition coefficient (Wildman–Crippen LogP) is 2.36. The van der Waals surface area contributed by atoms with Crippen molar-refractivity contribution in [2.45, 2.75) is 13.8 Å². The number of benzene rings is 2. The first-order chi connectivity index (χ1) is 17.4. The molecule has 11 nitrogen and oxygen atoms in total. The molecule has 0 aliphatic rings. The van der Waals surface area contributed by atoms with Crippen molar-refractivity contribution in [3.63, 3.8) is 0 Å². The number of hydrogen-bond donors (Lipinski definition) is 2. The zero-order valence-corrected chi connectivity index (χ0v) is 21.0. The van der Waals surface area contributed by atoms with Crippen LogP contribution in [0.25, 0.3) is 21.9 Å². The maximum atomic E-state index is 12.6. The summed E-state index contributed by atoms with van der Waals surface area (Å²) in [5, 5.41) is 6.48. The minimum atomic E-state index is -3.94. The number of carbonyl (C=O) groups excluding carboxylic acids is 2. The first-order valence-electron chi connectivity index (χ1n) is 11.0. The Labute approximate surface area is 210 Å². The van der Waals surface area contributed by atoms with Gasteiger partial charge in [-0.3, -0.25) is 9.59 Å². The normalized spacial score (nSPS) is 11.7. The molecule has 4 rings (SSSR count). The number of rotatable bonds is 7. The van der Waals surface area contributed by atoms with Gasteiger partial charge in [0.25, 0.3) is 0 Å². The molecule has 0 unspecified atom stereocenters. The summed E-state index contributed by atoms with van der Waals surface area (Å²) in [5.74, 6) is -1.40. The van der Waals surface area contributed by atoms with E-state index in [-0.39, 0.29) is 22.5 Å². The van der Waals surface area contributed by atoms with Crippen molar-refractivity contribution in [1.29, 1.82) is 0 Å². The monoisotopic (exact) mass is 525 g/mol. The van der Waals surface area contributed by atoms with Crippen LogP contribution in [-0.4, -0.2) is 43.9 Å². The van der Waals surface area contributed by atoms with E-state index in [2.05, 4.69) is 10.6 Å². The number of nitrogens with zero attached hydrogens (tertiary/aromatic N) is 1. The second-order valence-electron chi connectivity index (χ2n) is 8.55. The van der Waals surface area contributed by atoms with Gasteiger partial charge in [-0.2, -0.15) is 4.31 Å². The molecule has 0 saturated carbocycles. The molecular formula is C25H23N3O8S. The highest BCUT2D eigenvalue weighted by atomic mass is 32.2. The molecule has 0 atom stereocenters. The molecule has 0 radical (unpaired) electrons.